The van der Waals surface area contributed by atoms with Crippen LogP contribution in [-0.4, -0.2) is 17.0 Å². The maximum absolute atomic E-state index is 11.0. The Labute approximate surface area is 95.0 Å². The van der Waals surface area contributed by atoms with Gasteiger partial charge in [0.2, 0.25) is 0 Å². The van der Waals surface area contributed by atoms with Gasteiger partial charge in [0.05, 0.1) is 11.7 Å². The van der Waals surface area contributed by atoms with Crippen molar-refractivity contribution in [2.45, 2.75) is 18.9 Å². The molecule has 74 valence electrons. The first-order valence-corrected chi connectivity index (χ1v) is 5.36. The summed E-state index contributed by atoms with van der Waals surface area (Å²) in [6.45, 7) is 0. The monoisotopic (exact) mass is 304 g/mol. The minimum atomic E-state index is -0.496. The van der Waals surface area contributed by atoms with E-state index in [1.54, 1.807) is 6.07 Å². The zero-order valence-corrected chi connectivity index (χ0v) is 9.52. The number of primary amides is 1. The molecule has 0 bridgehead atoms. The molecule has 1 aliphatic carbocycles. The Bertz CT molecular complexity index is 377. The maximum atomic E-state index is 11.0. The molecular weight excluding hydrogens is 295 g/mol. The van der Waals surface area contributed by atoms with Gasteiger partial charge in [-0.1, -0.05) is 0 Å². The fourth-order valence-corrected chi connectivity index (χ4v) is 1.48. The van der Waals surface area contributed by atoms with Crippen LogP contribution < -0.4 is 10.5 Å². The van der Waals surface area contributed by atoms with E-state index < -0.39 is 5.91 Å². The molecule has 0 atom stereocenters. The SMILES string of the molecule is NC(=O)c1cnc(I)cc1OC1CC1. The quantitative estimate of drug-likeness (QED) is 0.677. The molecular formula is C9H9IN2O2. The number of ether oxygens (including phenoxy) is 1. The number of hydrogen-bond donors (Lipinski definition) is 1. The molecule has 1 fully saturated rings. The number of amides is 1. The lowest BCUT2D eigenvalue weighted by atomic mass is 10.2. The smallest absolute Gasteiger partial charge is 0.254 e. The molecule has 0 aromatic carbocycles. The van der Waals surface area contributed by atoms with E-state index in [2.05, 4.69) is 27.6 Å². The average molecular weight is 304 g/mol. The van der Waals surface area contributed by atoms with Crippen LogP contribution in [0.25, 0.3) is 0 Å². The highest BCUT2D eigenvalue weighted by Gasteiger charge is 2.25. The van der Waals surface area contributed by atoms with Gasteiger partial charge in [0.15, 0.2) is 0 Å². The zero-order valence-electron chi connectivity index (χ0n) is 7.37. The van der Waals surface area contributed by atoms with Gasteiger partial charge in [-0.15, -0.1) is 0 Å². The molecule has 1 saturated carbocycles. The third-order valence-corrected chi connectivity index (χ3v) is 2.51. The summed E-state index contributed by atoms with van der Waals surface area (Å²) in [4.78, 5) is 15.0. The molecule has 1 aromatic heterocycles. The van der Waals surface area contributed by atoms with Gasteiger partial charge >= 0.3 is 0 Å². The number of pyridine rings is 1. The Morgan fingerprint density at radius 3 is 2.93 bits per heavy atom. The van der Waals surface area contributed by atoms with Gasteiger partial charge in [-0.05, 0) is 35.4 Å². The van der Waals surface area contributed by atoms with E-state index in [1.165, 1.54) is 6.20 Å². The number of rotatable bonds is 3. The fraction of sp³-hybridized carbons (Fsp3) is 0.333. The molecule has 0 aliphatic heterocycles. The van der Waals surface area contributed by atoms with Crippen molar-refractivity contribution >= 4 is 28.5 Å². The molecule has 0 unspecified atom stereocenters. The van der Waals surface area contributed by atoms with Crippen LogP contribution in [0.1, 0.15) is 23.2 Å². The topological polar surface area (TPSA) is 65.2 Å². The molecule has 1 amide bonds. The van der Waals surface area contributed by atoms with Gasteiger partial charge in [-0.3, -0.25) is 4.79 Å². The van der Waals surface area contributed by atoms with Crippen LogP contribution in [0.3, 0.4) is 0 Å². The Hall–Kier alpha value is -0.850. The van der Waals surface area contributed by atoms with E-state index in [-0.39, 0.29) is 6.10 Å². The van der Waals surface area contributed by atoms with Crippen molar-refractivity contribution in [1.82, 2.24) is 4.98 Å². The van der Waals surface area contributed by atoms with E-state index in [0.29, 0.717) is 11.3 Å². The molecule has 0 radical (unpaired) electrons. The normalized spacial score (nSPS) is 15.2. The highest BCUT2D eigenvalue weighted by Crippen LogP contribution is 2.29. The summed E-state index contributed by atoms with van der Waals surface area (Å²) < 4.78 is 6.35. The van der Waals surface area contributed by atoms with Gasteiger partial charge in [-0.25, -0.2) is 4.98 Å². The van der Waals surface area contributed by atoms with Crippen LogP contribution >= 0.6 is 22.6 Å². The Morgan fingerprint density at radius 2 is 2.36 bits per heavy atom. The van der Waals surface area contributed by atoms with Crippen molar-refractivity contribution in [3.63, 3.8) is 0 Å². The summed E-state index contributed by atoms with van der Waals surface area (Å²) in [5, 5.41) is 0. The predicted molar refractivity (Wildman–Crippen MR) is 59.1 cm³/mol. The lowest BCUT2D eigenvalue weighted by Gasteiger charge is -2.07. The molecule has 1 heterocycles. The molecule has 5 heteroatoms. The minimum Gasteiger partial charge on any atom is -0.489 e. The number of aromatic nitrogens is 1. The summed E-state index contributed by atoms with van der Waals surface area (Å²) in [7, 11) is 0. The van der Waals surface area contributed by atoms with Gasteiger partial charge in [-0.2, -0.15) is 0 Å². The van der Waals surface area contributed by atoms with Crippen molar-refractivity contribution in [3.05, 3.63) is 21.5 Å². The van der Waals surface area contributed by atoms with E-state index in [1.807, 2.05) is 0 Å². The molecule has 0 spiro atoms. The van der Waals surface area contributed by atoms with Gasteiger partial charge < -0.3 is 10.5 Å². The summed E-state index contributed by atoms with van der Waals surface area (Å²) in [6.07, 6.45) is 3.82. The first-order chi connectivity index (χ1) is 6.66. The fourth-order valence-electron chi connectivity index (χ4n) is 1.06. The van der Waals surface area contributed by atoms with Crippen LogP contribution in [0, 0.1) is 3.70 Å². The lowest BCUT2D eigenvalue weighted by molar-refractivity contribution is 0.0995. The van der Waals surface area contributed by atoms with Crippen molar-refractivity contribution < 1.29 is 9.53 Å². The number of halogens is 1. The first-order valence-electron chi connectivity index (χ1n) is 4.29. The van der Waals surface area contributed by atoms with Crippen molar-refractivity contribution in [2.24, 2.45) is 5.73 Å². The summed E-state index contributed by atoms with van der Waals surface area (Å²) in [5.41, 5.74) is 5.56. The third kappa shape index (κ3) is 2.14. The second-order valence-corrected chi connectivity index (χ2v) is 4.29. The van der Waals surface area contributed by atoms with Crippen molar-refractivity contribution in [2.75, 3.05) is 0 Å². The first kappa shape index (κ1) is 9.70. The Balaban J connectivity index is 2.31. The molecule has 4 nitrogen and oxygen atoms in total. The zero-order chi connectivity index (χ0) is 10.1. The molecule has 1 aromatic rings. The predicted octanol–water partition coefficient (Wildman–Crippen LogP) is 1.33. The number of carbonyl (C=O) groups is 1. The van der Waals surface area contributed by atoms with Crippen LogP contribution in [0.4, 0.5) is 0 Å². The van der Waals surface area contributed by atoms with Gasteiger partial charge in [0, 0.05) is 12.3 Å². The molecule has 1 aliphatic rings. The Kier molecular flexibility index (Phi) is 2.58. The number of carbonyl (C=O) groups excluding carboxylic acids is 1. The van der Waals surface area contributed by atoms with E-state index in [4.69, 9.17) is 10.5 Å². The highest BCUT2D eigenvalue weighted by molar-refractivity contribution is 14.1. The highest BCUT2D eigenvalue weighted by atomic mass is 127. The lowest BCUT2D eigenvalue weighted by Crippen LogP contribution is -2.14. The standard InChI is InChI=1S/C9H9IN2O2/c10-8-3-7(14-5-1-2-5)6(4-12-8)9(11)13/h3-5H,1-2H2,(H2,11,13). The molecule has 2 N–H and O–H groups in total. The van der Waals surface area contributed by atoms with Crippen LogP contribution in [-0.2, 0) is 0 Å². The number of nitrogens with zero attached hydrogens (tertiary/aromatic N) is 1. The number of hydrogen-bond acceptors (Lipinski definition) is 3. The van der Waals surface area contributed by atoms with E-state index in [0.717, 1.165) is 16.5 Å². The second kappa shape index (κ2) is 3.72. The van der Waals surface area contributed by atoms with Crippen LogP contribution in [0.15, 0.2) is 12.3 Å². The molecule has 0 saturated heterocycles. The molecule has 14 heavy (non-hydrogen) atoms. The minimum absolute atomic E-state index is 0.256. The third-order valence-electron chi connectivity index (χ3n) is 1.92. The largest absolute Gasteiger partial charge is 0.489 e. The summed E-state index contributed by atoms with van der Waals surface area (Å²) in [6, 6.07) is 1.74. The molecule has 2 rings (SSSR count). The van der Waals surface area contributed by atoms with Crippen molar-refractivity contribution in [1.29, 1.82) is 0 Å². The van der Waals surface area contributed by atoms with Crippen LogP contribution in [0.2, 0.25) is 0 Å². The number of nitrogens with two attached hydrogens (primary N) is 1. The maximum Gasteiger partial charge on any atom is 0.254 e. The van der Waals surface area contributed by atoms with E-state index in [9.17, 15) is 4.79 Å². The summed E-state index contributed by atoms with van der Waals surface area (Å²) >= 11 is 2.07. The Morgan fingerprint density at radius 1 is 1.64 bits per heavy atom. The second-order valence-electron chi connectivity index (χ2n) is 3.18. The summed E-state index contributed by atoms with van der Waals surface area (Å²) in [5.74, 6) is 0.0592. The van der Waals surface area contributed by atoms with Gasteiger partial charge in [0.1, 0.15) is 9.45 Å². The van der Waals surface area contributed by atoms with Gasteiger partial charge in [0.25, 0.3) is 5.91 Å². The van der Waals surface area contributed by atoms with E-state index >= 15 is 0 Å². The van der Waals surface area contributed by atoms with Crippen LogP contribution in [0.5, 0.6) is 5.75 Å². The van der Waals surface area contributed by atoms with Crippen molar-refractivity contribution in [3.8, 4) is 5.75 Å². The average Bonchev–Trinajstić information content (AvgIpc) is 2.87.